The molecule has 0 radical (unpaired) electrons. The van der Waals surface area contributed by atoms with E-state index in [0.717, 1.165) is 12.2 Å². The van der Waals surface area contributed by atoms with Crippen LogP contribution in [0.4, 0.5) is 0 Å². The molecule has 0 aliphatic carbocycles. The first kappa shape index (κ1) is 9.28. The maximum atomic E-state index is 4.94. The standard InChI is InChI=1S/C9H16O/c1-4-5-6-7-8-9(2)10-3/h6-8H,4-5H2,1-3H3/b7-6-,9-8+. The van der Waals surface area contributed by atoms with Gasteiger partial charge < -0.3 is 4.74 Å². The molecular formula is C9H16O. The fourth-order valence-corrected chi connectivity index (χ4v) is 0.534. The molecule has 0 spiro atoms. The van der Waals surface area contributed by atoms with Crippen molar-refractivity contribution in [3.63, 3.8) is 0 Å². The van der Waals surface area contributed by atoms with Gasteiger partial charge in [-0.1, -0.05) is 25.5 Å². The molecule has 0 aromatic carbocycles. The lowest BCUT2D eigenvalue weighted by Gasteiger charge is -1.93. The number of hydrogen-bond acceptors (Lipinski definition) is 1. The van der Waals surface area contributed by atoms with Crippen LogP contribution in [0, 0.1) is 0 Å². The van der Waals surface area contributed by atoms with Gasteiger partial charge >= 0.3 is 0 Å². The summed E-state index contributed by atoms with van der Waals surface area (Å²) in [6.07, 6.45) is 8.49. The summed E-state index contributed by atoms with van der Waals surface area (Å²) in [5.74, 6) is 0.951. The number of hydrogen-bond donors (Lipinski definition) is 0. The molecule has 0 bridgehead atoms. The molecule has 0 aliphatic heterocycles. The van der Waals surface area contributed by atoms with Crippen LogP contribution in [-0.2, 0) is 4.74 Å². The average Bonchev–Trinajstić information content (AvgIpc) is 1.98. The first-order valence-electron chi connectivity index (χ1n) is 3.68. The highest BCUT2D eigenvalue weighted by molar-refractivity contribution is 5.05. The van der Waals surface area contributed by atoms with E-state index in [2.05, 4.69) is 13.0 Å². The van der Waals surface area contributed by atoms with Crippen molar-refractivity contribution in [2.45, 2.75) is 26.7 Å². The van der Waals surface area contributed by atoms with Gasteiger partial charge in [0.1, 0.15) is 0 Å². The lowest BCUT2D eigenvalue weighted by molar-refractivity contribution is 0.294. The molecule has 0 heterocycles. The van der Waals surface area contributed by atoms with Crippen molar-refractivity contribution < 1.29 is 4.74 Å². The monoisotopic (exact) mass is 140 g/mol. The van der Waals surface area contributed by atoms with Crippen LogP contribution in [0.5, 0.6) is 0 Å². The number of allylic oxidation sites excluding steroid dienone is 4. The first-order chi connectivity index (χ1) is 4.81. The molecule has 0 rings (SSSR count). The minimum atomic E-state index is 0.951. The first-order valence-corrected chi connectivity index (χ1v) is 3.68. The van der Waals surface area contributed by atoms with E-state index >= 15 is 0 Å². The van der Waals surface area contributed by atoms with E-state index in [0.29, 0.717) is 0 Å². The fourth-order valence-electron chi connectivity index (χ4n) is 0.534. The number of unbranched alkanes of at least 4 members (excludes halogenated alkanes) is 1. The molecule has 0 aromatic heterocycles. The van der Waals surface area contributed by atoms with Crippen molar-refractivity contribution in [2.24, 2.45) is 0 Å². The summed E-state index contributed by atoms with van der Waals surface area (Å²) in [5.41, 5.74) is 0. The lowest BCUT2D eigenvalue weighted by Crippen LogP contribution is -1.75. The second kappa shape index (κ2) is 6.40. The molecule has 0 saturated heterocycles. The molecule has 58 valence electrons. The summed E-state index contributed by atoms with van der Waals surface area (Å²) in [5, 5.41) is 0. The zero-order valence-electron chi connectivity index (χ0n) is 7.05. The van der Waals surface area contributed by atoms with E-state index in [1.54, 1.807) is 7.11 Å². The molecule has 1 heteroatoms. The van der Waals surface area contributed by atoms with Crippen LogP contribution in [0.15, 0.2) is 24.0 Å². The van der Waals surface area contributed by atoms with Crippen molar-refractivity contribution in [1.29, 1.82) is 0 Å². The Hall–Kier alpha value is -0.720. The molecule has 0 fully saturated rings. The zero-order valence-corrected chi connectivity index (χ0v) is 7.05. The maximum Gasteiger partial charge on any atom is 0.0924 e. The average molecular weight is 140 g/mol. The van der Waals surface area contributed by atoms with Crippen LogP contribution in [0.1, 0.15) is 26.7 Å². The predicted molar refractivity (Wildman–Crippen MR) is 44.8 cm³/mol. The summed E-state index contributed by atoms with van der Waals surface area (Å²) >= 11 is 0. The smallest absolute Gasteiger partial charge is 0.0924 e. The van der Waals surface area contributed by atoms with Gasteiger partial charge in [0.15, 0.2) is 0 Å². The van der Waals surface area contributed by atoms with Crippen molar-refractivity contribution in [2.75, 3.05) is 7.11 Å². The normalized spacial score (nSPS) is 12.5. The van der Waals surface area contributed by atoms with Crippen molar-refractivity contribution in [3.05, 3.63) is 24.0 Å². The minimum absolute atomic E-state index is 0.951. The Morgan fingerprint density at radius 1 is 1.50 bits per heavy atom. The van der Waals surface area contributed by atoms with Gasteiger partial charge in [-0.05, 0) is 19.4 Å². The highest BCUT2D eigenvalue weighted by atomic mass is 16.5. The van der Waals surface area contributed by atoms with Crippen LogP contribution >= 0.6 is 0 Å². The molecule has 0 saturated carbocycles. The zero-order chi connectivity index (χ0) is 7.82. The molecule has 0 aliphatic rings. The van der Waals surface area contributed by atoms with Gasteiger partial charge in [-0.15, -0.1) is 0 Å². The van der Waals surface area contributed by atoms with E-state index < -0.39 is 0 Å². The number of ether oxygens (including phenoxy) is 1. The van der Waals surface area contributed by atoms with E-state index in [9.17, 15) is 0 Å². The van der Waals surface area contributed by atoms with Crippen LogP contribution in [0.2, 0.25) is 0 Å². The van der Waals surface area contributed by atoms with Gasteiger partial charge in [0.25, 0.3) is 0 Å². The third-order valence-electron chi connectivity index (χ3n) is 1.24. The molecule has 0 amide bonds. The van der Waals surface area contributed by atoms with Gasteiger partial charge in [-0.25, -0.2) is 0 Å². The Morgan fingerprint density at radius 3 is 2.70 bits per heavy atom. The van der Waals surface area contributed by atoms with E-state index in [1.807, 2.05) is 19.1 Å². The van der Waals surface area contributed by atoms with Gasteiger partial charge in [0, 0.05) is 0 Å². The lowest BCUT2D eigenvalue weighted by atomic mass is 10.3. The third-order valence-corrected chi connectivity index (χ3v) is 1.24. The largest absolute Gasteiger partial charge is 0.501 e. The molecule has 0 atom stereocenters. The Morgan fingerprint density at radius 2 is 2.20 bits per heavy atom. The van der Waals surface area contributed by atoms with Gasteiger partial charge in [0.05, 0.1) is 12.9 Å². The molecular weight excluding hydrogens is 124 g/mol. The topological polar surface area (TPSA) is 9.23 Å². The number of methoxy groups -OCH3 is 1. The molecule has 0 aromatic rings. The van der Waals surface area contributed by atoms with Gasteiger partial charge in [-0.3, -0.25) is 0 Å². The highest BCUT2D eigenvalue weighted by Gasteiger charge is 1.77. The summed E-state index contributed by atoms with van der Waals surface area (Å²) in [6, 6.07) is 0. The molecule has 10 heavy (non-hydrogen) atoms. The quantitative estimate of drug-likeness (QED) is 0.431. The molecule has 0 N–H and O–H groups in total. The van der Waals surface area contributed by atoms with Crippen LogP contribution in [0.3, 0.4) is 0 Å². The van der Waals surface area contributed by atoms with E-state index in [1.165, 1.54) is 6.42 Å². The van der Waals surface area contributed by atoms with Crippen LogP contribution in [-0.4, -0.2) is 7.11 Å². The van der Waals surface area contributed by atoms with Crippen LogP contribution in [0.25, 0.3) is 0 Å². The van der Waals surface area contributed by atoms with Crippen molar-refractivity contribution in [3.8, 4) is 0 Å². The fraction of sp³-hybridized carbons (Fsp3) is 0.556. The van der Waals surface area contributed by atoms with Crippen LogP contribution < -0.4 is 0 Å². The molecule has 0 unspecified atom stereocenters. The maximum absolute atomic E-state index is 4.94. The Bertz CT molecular complexity index is 123. The summed E-state index contributed by atoms with van der Waals surface area (Å²) < 4.78 is 4.94. The Labute approximate surface area is 63.4 Å². The summed E-state index contributed by atoms with van der Waals surface area (Å²) in [7, 11) is 1.68. The Kier molecular flexibility index (Phi) is 5.94. The van der Waals surface area contributed by atoms with Crippen molar-refractivity contribution in [1.82, 2.24) is 0 Å². The van der Waals surface area contributed by atoms with Gasteiger partial charge in [0.2, 0.25) is 0 Å². The second-order valence-corrected chi connectivity index (χ2v) is 2.20. The SMILES string of the molecule is CCC/C=C\C=C(/C)OC. The summed E-state index contributed by atoms with van der Waals surface area (Å²) in [4.78, 5) is 0. The Balaban J connectivity index is 3.49. The molecule has 1 nitrogen and oxygen atoms in total. The highest BCUT2D eigenvalue weighted by Crippen LogP contribution is 1.94. The van der Waals surface area contributed by atoms with Gasteiger partial charge in [-0.2, -0.15) is 0 Å². The second-order valence-electron chi connectivity index (χ2n) is 2.20. The van der Waals surface area contributed by atoms with E-state index in [-0.39, 0.29) is 0 Å². The minimum Gasteiger partial charge on any atom is -0.501 e. The summed E-state index contributed by atoms with van der Waals surface area (Å²) in [6.45, 7) is 4.10. The number of rotatable bonds is 4. The van der Waals surface area contributed by atoms with E-state index in [4.69, 9.17) is 4.74 Å². The van der Waals surface area contributed by atoms with Crippen molar-refractivity contribution >= 4 is 0 Å². The third kappa shape index (κ3) is 5.42. The predicted octanol–water partition coefficient (Wildman–Crippen LogP) is 2.89.